The van der Waals surface area contributed by atoms with E-state index in [1.54, 1.807) is 24.3 Å². The molecule has 2 amide bonds. The number of nitrogens with one attached hydrogen (secondary N) is 2. The van der Waals surface area contributed by atoms with Crippen molar-refractivity contribution in [1.29, 1.82) is 0 Å². The van der Waals surface area contributed by atoms with E-state index in [0.717, 1.165) is 16.8 Å². The van der Waals surface area contributed by atoms with Crippen molar-refractivity contribution in [2.24, 2.45) is 0 Å². The van der Waals surface area contributed by atoms with Gasteiger partial charge in [0.05, 0.1) is 6.42 Å². The van der Waals surface area contributed by atoms with Gasteiger partial charge in [-0.25, -0.2) is 0 Å². The number of amides is 2. The van der Waals surface area contributed by atoms with Crippen LogP contribution >= 0.6 is 11.6 Å². The minimum Gasteiger partial charge on any atom is -0.352 e. The Balaban J connectivity index is 1.58. The molecule has 0 saturated carbocycles. The Hall–Kier alpha value is -3.11. The molecule has 5 heteroatoms. The van der Waals surface area contributed by atoms with Crippen LogP contribution in [0.25, 0.3) is 0 Å². The molecule has 0 aliphatic rings. The van der Waals surface area contributed by atoms with Crippen molar-refractivity contribution in [1.82, 2.24) is 5.32 Å². The third kappa shape index (κ3) is 5.43. The minimum absolute atomic E-state index is 0.123. The van der Waals surface area contributed by atoms with Gasteiger partial charge in [0.1, 0.15) is 0 Å². The second-order valence-corrected chi connectivity index (χ2v) is 6.47. The highest BCUT2D eigenvalue weighted by Crippen LogP contribution is 2.15. The van der Waals surface area contributed by atoms with Crippen LogP contribution in [0.3, 0.4) is 0 Å². The van der Waals surface area contributed by atoms with Crippen LogP contribution in [0.1, 0.15) is 21.5 Å². The number of rotatable bonds is 6. The van der Waals surface area contributed by atoms with Crippen molar-refractivity contribution in [3.05, 3.63) is 101 Å². The summed E-state index contributed by atoms with van der Waals surface area (Å²) in [6.07, 6.45) is 0.216. The van der Waals surface area contributed by atoms with Crippen molar-refractivity contribution in [3.63, 3.8) is 0 Å². The molecular formula is C22H19ClN2O2. The van der Waals surface area contributed by atoms with Gasteiger partial charge in [-0.05, 0) is 41.5 Å². The lowest BCUT2D eigenvalue weighted by Gasteiger charge is -2.09. The van der Waals surface area contributed by atoms with Gasteiger partial charge >= 0.3 is 0 Å². The quantitative estimate of drug-likeness (QED) is 0.665. The summed E-state index contributed by atoms with van der Waals surface area (Å²) in [4.78, 5) is 24.5. The second-order valence-electron chi connectivity index (χ2n) is 6.07. The Labute approximate surface area is 163 Å². The predicted octanol–water partition coefficient (Wildman–Crippen LogP) is 4.45. The molecule has 0 aliphatic heterocycles. The number of benzene rings is 3. The molecule has 3 rings (SSSR count). The summed E-state index contributed by atoms with van der Waals surface area (Å²) < 4.78 is 0. The third-order valence-electron chi connectivity index (χ3n) is 4.02. The largest absolute Gasteiger partial charge is 0.352 e. The number of carbonyl (C=O) groups is 2. The smallest absolute Gasteiger partial charge is 0.255 e. The van der Waals surface area contributed by atoms with E-state index in [4.69, 9.17) is 11.6 Å². The Bertz CT molecular complexity index is 942. The Morgan fingerprint density at radius 1 is 0.852 bits per heavy atom. The standard InChI is InChI=1S/C22H19ClN2O2/c23-20-12-5-4-8-17(20)14-21(26)24-15-16-7-6-9-18(13-16)22(27)25-19-10-2-1-3-11-19/h1-13H,14-15H2,(H,24,26)(H,25,27). The van der Waals surface area contributed by atoms with Crippen molar-refractivity contribution >= 4 is 29.1 Å². The van der Waals surface area contributed by atoms with E-state index in [9.17, 15) is 9.59 Å². The summed E-state index contributed by atoms with van der Waals surface area (Å²) in [5.41, 5.74) is 2.91. The molecule has 0 heterocycles. The lowest BCUT2D eigenvalue weighted by molar-refractivity contribution is -0.120. The summed E-state index contributed by atoms with van der Waals surface area (Å²) in [5, 5.41) is 6.29. The fraction of sp³-hybridized carbons (Fsp3) is 0.0909. The van der Waals surface area contributed by atoms with Crippen LogP contribution in [0.5, 0.6) is 0 Å². The average Bonchev–Trinajstić information content (AvgIpc) is 2.69. The van der Waals surface area contributed by atoms with Gasteiger partial charge < -0.3 is 10.6 Å². The van der Waals surface area contributed by atoms with Crippen LogP contribution in [0.4, 0.5) is 5.69 Å². The van der Waals surface area contributed by atoms with Crippen molar-refractivity contribution in [3.8, 4) is 0 Å². The molecular weight excluding hydrogens is 360 g/mol. The number of halogens is 1. The van der Waals surface area contributed by atoms with Gasteiger partial charge in [-0.2, -0.15) is 0 Å². The molecule has 0 atom stereocenters. The molecule has 0 aliphatic carbocycles. The zero-order chi connectivity index (χ0) is 19.1. The summed E-state index contributed by atoms with van der Waals surface area (Å²) >= 11 is 6.08. The van der Waals surface area contributed by atoms with Crippen LogP contribution in [0.15, 0.2) is 78.9 Å². The predicted molar refractivity (Wildman–Crippen MR) is 108 cm³/mol. The van der Waals surface area contributed by atoms with E-state index in [2.05, 4.69) is 10.6 Å². The summed E-state index contributed by atoms with van der Waals surface area (Å²) in [7, 11) is 0. The molecule has 3 aromatic rings. The monoisotopic (exact) mass is 378 g/mol. The molecule has 27 heavy (non-hydrogen) atoms. The first-order valence-electron chi connectivity index (χ1n) is 8.57. The first-order chi connectivity index (χ1) is 13.1. The lowest BCUT2D eigenvalue weighted by atomic mass is 10.1. The van der Waals surface area contributed by atoms with Crippen molar-refractivity contribution in [2.45, 2.75) is 13.0 Å². The van der Waals surface area contributed by atoms with Crippen molar-refractivity contribution in [2.75, 3.05) is 5.32 Å². The zero-order valence-electron chi connectivity index (χ0n) is 14.6. The molecule has 0 bridgehead atoms. The highest BCUT2D eigenvalue weighted by Gasteiger charge is 2.09. The maximum absolute atomic E-state index is 12.4. The van der Waals surface area contributed by atoms with Crippen LogP contribution in [0.2, 0.25) is 5.02 Å². The average molecular weight is 379 g/mol. The SMILES string of the molecule is O=C(Cc1ccccc1Cl)NCc1cccc(C(=O)Nc2ccccc2)c1. The Kier molecular flexibility index (Phi) is 6.23. The highest BCUT2D eigenvalue weighted by molar-refractivity contribution is 6.31. The molecule has 0 spiro atoms. The van der Waals surface area contributed by atoms with E-state index in [-0.39, 0.29) is 18.2 Å². The highest BCUT2D eigenvalue weighted by atomic mass is 35.5. The maximum atomic E-state index is 12.4. The van der Waals surface area contributed by atoms with Gasteiger partial charge in [0.25, 0.3) is 5.91 Å². The molecule has 0 aromatic heterocycles. The van der Waals surface area contributed by atoms with E-state index < -0.39 is 0 Å². The van der Waals surface area contributed by atoms with E-state index >= 15 is 0 Å². The molecule has 0 radical (unpaired) electrons. The number of hydrogen-bond acceptors (Lipinski definition) is 2. The molecule has 3 aromatic carbocycles. The van der Waals surface area contributed by atoms with Gasteiger partial charge in [0, 0.05) is 22.8 Å². The van der Waals surface area contributed by atoms with Crippen LogP contribution in [-0.2, 0) is 17.8 Å². The fourth-order valence-corrected chi connectivity index (χ4v) is 2.83. The van der Waals surface area contributed by atoms with Gasteiger partial charge in [-0.1, -0.05) is 60.1 Å². The molecule has 0 saturated heterocycles. The van der Waals surface area contributed by atoms with Crippen LogP contribution in [0, 0.1) is 0 Å². The number of para-hydroxylation sites is 1. The van der Waals surface area contributed by atoms with Crippen molar-refractivity contribution < 1.29 is 9.59 Å². The lowest BCUT2D eigenvalue weighted by Crippen LogP contribution is -2.24. The molecule has 2 N–H and O–H groups in total. The zero-order valence-corrected chi connectivity index (χ0v) is 15.4. The topological polar surface area (TPSA) is 58.2 Å². The maximum Gasteiger partial charge on any atom is 0.255 e. The molecule has 0 unspecified atom stereocenters. The van der Waals surface area contributed by atoms with E-state index in [0.29, 0.717) is 17.1 Å². The van der Waals surface area contributed by atoms with Gasteiger partial charge in [-0.15, -0.1) is 0 Å². The summed E-state index contributed by atoms with van der Waals surface area (Å²) in [5.74, 6) is -0.312. The van der Waals surface area contributed by atoms with Gasteiger partial charge in [0.15, 0.2) is 0 Å². The third-order valence-corrected chi connectivity index (χ3v) is 4.39. The summed E-state index contributed by atoms with van der Waals surface area (Å²) in [6, 6.07) is 23.7. The molecule has 136 valence electrons. The second kappa shape index (κ2) is 9.01. The number of carbonyl (C=O) groups excluding carboxylic acids is 2. The molecule has 4 nitrogen and oxygen atoms in total. The van der Waals surface area contributed by atoms with Crippen LogP contribution in [-0.4, -0.2) is 11.8 Å². The van der Waals surface area contributed by atoms with E-state index in [1.165, 1.54) is 0 Å². The minimum atomic E-state index is -0.189. The van der Waals surface area contributed by atoms with Gasteiger partial charge in [0.2, 0.25) is 5.91 Å². The normalized spacial score (nSPS) is 10.3. The van der Waals surface area contributed by atoms with Gasteiger partial charge in [-0.3, -0.25) is 9.59 Å². The number of anilines is 1. The number of hydrogen-bond donors (Lipinski definition) is 2. The fourth-order valence-electron chi connectivity index (χ4n) is 2.63. The van der Waals surface area contributed by atoms with E-state index in [1.807, 2.05) is 54.6 Å². The molecule has 0 fully saturated rings. The Morgan fingerprint density at radius 3 is 2.37 bits per heavy atom. The summed E-state index contributed by atoms with van der Waals surface area (Å²) in [6.45, 7) is 0.343. The van der Waals surface area contributed by atoms with Crippen LogP contribution < -0.4 is 10.6 Å². The first-order valence-corrected chi connectivity index (χ1v) is 8.95. The first kappa shape index (κ1) is 18.7. The Morgan fingerprint density at radius 2 is 1.59 bits per heavy atom.